The van der Waals surface area contributed by atoms with Crippen molar-refractivity contribution in [1.82, 2.24) is 0 Å². The van der Waals surface area contributed by atoms with E-state index in [0.29, 0.717) is 11.1 Å². The minimum absolute atomic E-state index is 0.0474. The molecule has 4 aliphatic rings. The van der Waals surface area contributed by atoms with Crippen molar-refractivity contribution in [2.75, 3.05) is 34.0 Å². The molecule has 6 rings (SSSR count). The fourth-order valence-corrected chi connectivity index (χ4v) is 6.39. The highest BCUT2D eigenvalue weighted by molar-refractivity contribution is 5.87. The summed E-state index contributed by atoms with van der Waals surface area (Å²) in [5.41, 5.74) is -0.154. The fraction of sp³-hybridized carbons (Fsp3) is 0.457. The first-order valence-corrected chi connectivity index (χ1v) is 16.3. The number of rotatable bonds is 14. The van der Waals surface area contributed by atoms with Gasteiger partial charge in [0.2, 0.25) is 5.60 Å². The summed E-state index contributed by atoms with van der Waals surface area (Å²) in [7, 11) is 2.80. The molecule has 6 N–H and O–H groups in total. The number of aliphatic hydroxyl groups is 4. The molecule has 3 heterocycles. The van der Waals surface area contributed by atoms with Crippen LogP contribution in [-0.2, 0) is 38.2 Å². The normalized spacial score (nSPS) is 33.0. The average Bonchev–Trinajstić information content (AvgIpc) is 3.82. The van der Waals surface area contributed by atoms with Gasteiger partial charge in [0, 0.05) is 12.7 Å². The van der Waals surface area contributed by atoms with Crippen LogP contribution in [0, 0.1) is 5.92 Å². The number of carbonyl (C=O) groups excluding carboxylic acids is 1. The number of phenols is 2. The molecule has 11 atom stereocenters. The summed E-state index contributed by atoms with van der Waals surface area (Å²) in [5, 5.41) is 74.3. The molecule has 3 aliphatic heterocycles. The zero-order chi connectivity index (χ0) is 37.2. The second-order valence-corrected chi connectivity index (χ2v) is 12.5. The lowest BCUT2D eigenvalue weighted by atomic mass is 9.98. The largest absolute Gasteiger partial charge is 0.847 e. The van der Waals surface area contributed by atoms with E-state index >= 15 is 0 Å². The third kappa shape index (κ3) is 7.60. The number of hydrogen-bond acceptors (Lipinski definition) is 16. The van der Waals surface area contributed by atoms with E-state index in [9.17, 15) is 40.5 Å². The molecule has 0 radical (unpaired) electrons. The van der Waals surface area contributed by atoms with Gasteiger partial charge in [-0.25, -0.2) is 4.79 Å². The van der Waals surface area contributed by atoms with Crippen molar-refractivity contribution in [1.29, 1.82) is 0 Å². The number of esters is 1. The van der Waals surface area contributed by atoms with E-state index in [-0.39, 0.29) is 36.2 Å². The van der Waals surface area contributed by atoms with Gasteiger partial charge in [0.05, 0.1) is 27.4 Å². The van der Waals surface area contributed by atoms with E-state index < -0.39 is 79.2 Å². The first kappa shape index (κ1) is 37.5. The molecular weight excluding hydrogens is 692 g/mol. The van der Waals surface area contributed by atoms with Crippen LogP contribution in [0.2, 0.25) is 0 Å². The molecule has 1 saturated carbocycles. The standard InChI is InChI=1S/C35H40O17/c1-44-24-13-18(4-8-22(24)38)3-7-20(37)15-46-16-26-28(41)29(42)30(43)34(48-26)51-52-33-21(11-12-47-52)31(32-35(33,17-36)50-32)49-27(40)10-6-19-5-9-23(39)25(14-19)45-2/h3-14,20-21,26,28-34,36,38-39,41-43H,15-17H2,1-2H3/b7-3+,10-6+/t20?,21-,26?,28-,29?,30-,31-,32-,33-,34-,35-/m0/s1. The van der Waals surface area contributed by atoms with Gasteiger partial charge in [-0.15, -0.1) is 0 Å². The quantitative estimate of drug-likeness (QED) is 0.0466. The van der Waals surface area contributed by atoms with Gasteiger partial charge in [0.25, 0.3) is 12.4 Å². The lowest BCUT2D eigenvalue weighted by Crippen LogP contribution is -2.61. The minimum Gasteiger partial charge on any atom is -0.847 e. The fourth-order valence-electron chi connectivity index (χ4n) is 6.39. The van der Waals surface area contributed by atoms with Crippen LogP contribution in [0.5, 0.6) is 23.0 Å². The molecule has 0 spiro atoms. The summed E-state index contributed by atoms with van der Waals surface area (Å²) in [6.07, 6.45) is -3.73. The number of hydrogen-bond donors (Lipinski definition) is 6. The molecule has 3 fully saturated rings. The Kier molecular flexibility index (Phi) is 11.4. The van der Waals surface area contributed by atoms with Crippen LogP contribution in [0.15, 0.2) is 60.9 Å². The van der Waals surface area contributed by atoms with Gasteiger partial charge in [-0.05, 0) is 57.1 Å². The molecule has 17 heteroatoms. The number of methoxy groups -OCH3 is 2. The summed E-state index contributed by atoms with van der Waals surface area (Å²) in [4.78, 5) is 24.1. The minimum atomic E-state index is -1.79. The van der Waals surface area contributed by atoms with E-state index in [1.165, 1.54) is 63.0 Å². The van der Waals surface area contributed by atoms with Crippen LogP contribution in [0.1, 0.15) is 11.1 Å². The van der Waals surface area contributed by atoms with Crippen LogP contribution >= 0.6 is 0 Å². The molecule has 2 aromatic rings. The van der Waals surface area contributed by atoms with E-state index in [2.05, 4.69) is 0 Å². The maximum absolute atomic E-state index is 12.9. The molecule has 0 bridgehead atoms. The Balaban J connectivity index is 1.06. The highest BCUT2D eigenvalue weighted by atomic mass is 17.6. The molecule has 3 unspecified atom stereocenters. The highest BCUT2D eigenvalue weighted by Crippen LogP contribution is 2.58. The van der Waals surface area contributed by atoms with Crippen molar-refractivity contribution in [3.05, 3.63) is 72.0 Å². The SMILES string of the molecule is COc1cc(/C=C/C(=O)O[C@H]2[C@@H]3C=CO[O+](O[C@@H]4OC(COCC([O-])/C=C/c5ccc(O)c(OC)c5)[C@H](O)C(O)[C@@H]4O)[C@@H]3[C@@]3(CO)O[C@@H]23)ccc1O. The summed E-state index contributed by atoms with van der Waals surface area (Å²) >= 11 is 0. The van der Waals surface area contributed by atoms with Crippen LogP contribution in [-0.4, -0.2) is 131 Å². The van der Waals surface area contributed by atoms with Crippen molar-refractivity contribution in [2.24, 2.45) is 5.92 Å². The number of benzene rings is 2. The summed E-state index contributed by atoms with van der Waals surface area (Å²) < 4.78 is 34.9. The van der Waals surface area contributed by atoms with Gasteiger partial charge in [-0.3, -0.25) is 0 Å². The Morgan fingerprint density at radius 3 is 2.33 bits per heavy atom. The maximum atomic E-state index is 12.9. The Hall–Kier alpha value is -4.27. The Bertz CT molecular complexity index is 1660. The van der Waals surface area contributed by atoms with Gasteiger partial charge in [-0.2, -0.15) is 4.89 Å². The van der Waals surface area contributed by atoms with Crippen molar-refractivity contribution in [3.63, 3.8) is 0 Å². The predicted octanol–water partition coefficient (Wildman–Crippen LogP) is -0.622. The van der Waals surface area contributed by atoms with Gasteiger partial charge in [-0.1, -0.05) is 30.4 Å². The Morgan fingerprint density at radius 2 is 1.67 bits per heavy atom. The molecule has 2 aromatic carbocycles. The summed E-state index contributed by atoms with van der Waals surface area (Å²) in [6, 6.07) is 9.09. The van der Waals surface area contributed by atoms with E-state index in [0.717, 1.165) is 0 Å². The zero-order valence-electron chi connectivity index (χ0n) is 28.0. The number of fused-ring (bicyclic) bond motifs is 3. The van der Waals surface area contributed by atoms with Crippen LogP contribution in [0.25, 0.3) is 12.2 Å². The van der Waals surface area contributed by atoms with Crippen LogP contribution in [0.3, 0.4) is 0 Å². The Morgan fingerprint density at radius 1 is 1.00 bits per heavy atom. The molecule has 17 nitrogen and oxygen atoms in total. The second-order valence-electron chi connectivity index (χ2n) is 12.5. The van der Waals surface area contributed by atoms with E-state index in [4.69, 9.17) is 38.2 Å². The predicted molar refractivity (Wildman–Crippen MR) is 173 cm³/mol. The summed E-state index contributed by atoms with van der Waals surface area (Å²) in [6.45, 7) is -1.23. The van der Waals surface area contributed by atoms with Crippen molar-refractivity contribution >= 4 is 18.1 Å². The molecule has 0 amide bonds. The number of aliphatic hydroxyl groups excluding tert-OH is 4. The number of ether oxygens (including phenoxy) is 6. The molecule has 282 valence electrons. The lowest BCUT2D eigenvalue weighted by Gasteiger charge is -2.39. The van der Waals surface area contributed by atoms with Crippen LogP contribution < -0.4 is 14.6 Å². The molecule has 52 heavy (non-hydrogen) atoms. The lowest BCUT2D eigenvalue weighted by molar-refractivity contribution is -0.697. The third-order valence-corrected chi connectivity index (χ3v) is 9.18. The van der Waals surface area contributed by atoms with Crippen LogP contribution in [0.4, 0.5) is 0 Å². The van der Waals surface area contributed by atoms with Gasteiger partial charge < -0.3 is 64.2 Å². The van der Waals surface area contributed by atoms with Crippen molar-refractivity contribution in [3.8, 4) is 23.0 Å². The summed E-state index contributed by atoms with van der Waals surface area (Å²) in [5.74, 6) is -1.02. The number of aromatic hydroxyl groups is 2. The van der Waals surface area contributed by atoms with Crippen molar-refractivity contribution in [2.45, 2.75) is 60.7 Å². The zero-order valence-corrected chi connectivity index (χ0v) is 28.0. The van der Waals surface area contributed by atoms with Gasteiger partial charge >= 0.3 is 5.97 Å². The van der Waals surface area contributed by atoms with Gasteiger partial charge in [0.1, 0.15) is 42.5 Å². The van der Waals surface area contributed by atoms with Gasteiger partial charge in [0.15, 0.2) is 29.3 Å². The van der Waals surface area contributed by atoms with E-state index in [1.807, 2.05) is 4.67 Å². The second kappa shape index (κ2) is 15.8. The average molecular weight is 733 g/mol. The monoisotopic (exact) mass is 732 g/mol. The van der Waals surface area contributed by atoms with Crippen molar-refractivity contribution < 1.29 is 83.4 Å². The molecule has 1 aliphatic carbocycles. The third-order valence-electron chi connectivity index (χ3n) is 9.18. The van der Waals surface area contributed by atoms with E-state index in [1.54, 1.807) is 24.3 Å². The maximum Gasteiger partial charge on any atom is 0.331 e. The molecular formula is C35H40O17. The Labute approximate surface area is 297 Å². The molecule has 2 saturated heterocycles. The smallest absolute Gasteiger partial charge is 0.331 e. The number of epoxide rings is 1. The number of phenolic OH excluding ortho intramolecular Hbond substituents is 2. The topological polar surface area (TPSA) is 241 Å². The molecule has 0 aromatic heterocycles. The number of carbonyl (C=O) groups is 1. The highest BCUT2D eigenvalue weighted by Gasteiger charge is 2.83. The first-order valence-electron chi connectivity index (χ1n) is 16.3. The first-order chi connectivity index (χ1) is 25.0.